The highest BCUT2D eigenvalue weighted by Gasteiger charge is 2.20. The number of rotatable bonds is 6. The first-order chi connectivity index (χ1) is 17.0. The number of carbonyl (C=O) groups is 2. The number of ether oxygens (including phenoxy) is 2. The third kappa shape index (κ3) is 5.33. The van der Waals surface area contributed by atoms with Gasteiger partial charge in [-0.15, -0.1) is 0 Å². The number of amides is 3. The Morgan fingerprint density at radius 1 is 1.03 bits per heavy atom. The Hall–Kier alpha value is -4.31. The van der Waals surface area contributed by atoms with Gasteiger partial charge < -0.3 is 25.0 Å². The van der Waals surface area contributed by atoms with Gasteiger partial charge in [-0.1, -0.05) is 37.5 Å². The molecule has 4 aromatic rings. The molecule has 0 unspecified atom stereocenters. The first-order valence-electron chi connectivity index (χ1n) is 10.8. The molecule has 3 amide bonds. The zero-order valence-electron chi connectivity index (χ0n) is 20.0. The molecule has 36 heavy (non-hydrogen) atoms. The van der Waals surface area contributed by atoms with Crippen molar-refractivity contribution in [3.05, 3.63) is 65.0 Å². The number of hydrogen-bond donors (Lipinski definition) is 3. The quantitative estimate of drug-likeness (QED) is 0.302. The van der Waals surface area contributed by atoms with Crippen LogP contribution in [0.3, 0.4) is 0 Å². The van der Waals surface area contributed by atoms with E-state index in [1.54, 1.807) is 48.7 Å². The summed E-state index contributed by atoms with van der Waals surface area (Å²) in [6.07, 6.45) is 1.56. The smallest absolute Gasteiger partial charge is 0.324 e. The van der Waals surface area contributed by atoms with Gasteiger partial charge in [-0.3, -0.25) is 15.1 Å². The predicted octanol–water partition coefficient (Wildman–Crippen LogP) is 5.72. The highest BCUT2D eigenvalue weighted by atomic mass is 35.5. The molecule has 0 fully saturated rings. The van der Waals surface area contributed by atoms with Gasteiger partial charge in [-0.2, -0.15) is 0 Å². The van der Waals surface area contributed by atoms with Crippen LogP contribution in [0.15, 0.2) is 53.2 Å². The second kappa shape index (κ2) is 9.74. The summed E-state index contributed by atoms with van der Waals surface area (Å²) in [5, 5.41) is 9.96. The maximum Gasteiger partial charge on any atom is 0.324 e. The van der Waals surface area contributed by atoms with E-state index in [0.29, 0.717) is 45.4 Å². The summed E-state index contributed by atoms with van der Waals surface area (Å²) in [5.74, 6) is 1.35. The zero-order valence-corrected chi connectivity index (χ0v) is 20.8. The van der Waals surface area contributed by atoms with E-state index in [9.17, 15) is 9.59 Å². The van der Waals surface area contributed by atoms with E-state index in [4.69, 9.17) is 31.3 Å². The third-order valence-corrected chi connectivity index (χ3v) is 5.48. The van der Waals surface area contributed by atoms with Crippen LogP contribution in [0.25, 0.3) is 10.9 Å². The maximum atomic E-state index is 12.4. The first kappa shape index (κ1) is 24.8. The number of nitrogens with two attached hydrogens (primary N) is 1. The summed E-state index contributed by atoms with van der Waals surface area (Å²) < 4.78 is 16.5. The topological polar surface area (TPSA) is 142 Å². The molecule has 4 rings (SSSR count). The van der Waals surface area contributed by atoms with Crippen LogP contribution < -0.4 is 25.8 Å². The number of benzene rings is 2. The Morgan fingerprint density at radius 3 is 2.44 bits per heavy atom. The van der Waals surface area contributed by atoms with Gasteiger partial charge in [0.05, 0.1) is 23.2 Å². The number of carbonyl (C=O) groups excluding carboxylic acids is 2. The fourth-order valence-electron chi connectivity index (χ4n) is 3.34. The molecule has 0 aliphatic heterocycles. The normalized spacial score (nSPS) is 11.2. The van der Waals surface area contributed by atoms with Crippen molar-refractivity contribution in [2.75, 3.05) is 17.7 Å². The standard InChI is InChI=1S/C25H24ClN5O5/c1-25(2,3)21-12-22(31-36-21)30-24(33)29-13-5-6-19(16(26)9-13)35-18-7-8-28-17-11-20(34-4)15(23(27)32)10-14(17)18/h5-12H,1-4H3,(H2,27,32)(H2,29,30,31,33). The molecule has 0 saturated carbocycles. The molecule has 11 heteroatoms. The van der Waals surface area contributed by atoms with Gasteiger partial charge in [0, 0.05) is 34.8 Å². The molecule has 0 saturated heterocycles. The van der Waals surface area contributed by atoms with Crippen molar-refractivity contribution < 1.29 is 23.6 Å². The predicted molar refractivity (Wildman–Crippen MR) is 136 cm³/mol. The van der Waals surface area contributed by atoms with Crippen molar-refractivity contribution in [1.82, 2.24) is 10.1 Å². The Labute approximate surface area is 211 Å². The van der Waals surface area contributed by atoms with E-state index < -0.39 is 11.9 Å². The van der Waals surface area contributed by atoms with Gasteiger partial charge in [0.1, 0.15) is 23.0 Å². The SMILES string of the molecule is COc1cc2nccc(Oc3ccc(NC(=O)Nc4cc(C(C)(C)C)on4)cc3Cl)c2cc1C(N)=O. The summed E-state index contributed by atoms with van der Waals surface area (Å²) >= 11 is 6.42. The van der Waals surface area contributed by atoms with Crippen LogP contribution in [0.4, 0.5) is 16.3 Å². The summed E-state index contributed by atoms with van der Waals surface area (Å²) in [4.78, 5) is 28.5. The number of aromatic nitrogens is 2. The molecular weight excluding hydrogens is 486 g/mol. The van der Waals surface area contributed by atoms with Crippen LogP contribution in [0, 0.1) is 0 Å². The second-order valence-electron chi connectivity index (χ2n) is 8.90. The number of methoxy groups -OCH3 is 1. The molecule has 0 aliphatic carbocycles. The van der Waals surface area contributed by atoms with Gasteiger partial charge in [-0.05, 0) is 30.3 Å². The van der Waals surface area contributed by atoms with Crippen LogP contribution >= 0.6 is 11.6 Å². The van der Waals surface area contributed by atoms with Crippen molar-refractivity contribution in [2.45, 2.75) is 26.2 Å². The van der Waals surface area contributed by atoms with E-state index in [0.717, 1.165) is 0 Å². The van der Waals surface area contributed by atoms with Gasteiger partial charge in [0.25, 0.3) is 5.91 Å². The van der Waals surface area contributed by atoms with E-state index in [1.807, 2.05) is 20.8 Å². The second-order valence-corrected chi connectivity index (χ2v) is 9.30. The minimum atomic E-state index is -0.643. The van der Waals surface area contributed by atoms with Crippen molar-refractivity contribution in [1.29, 1.82) is 0 Å². The molecular formula is C25H24ClN5O5. The lowest BCUT2D eigenvalue weighted by Crippen LogP contribution is -2.19. The van der Waals surface area contributed by atoms with Crippen molar-refractivity contribution >= 4 is 45.9 Å². The fraction of sp³-hybridized carbons (Fsp3) is 0.200. The molecule has 186 valence electrons. The van der Waals surface area contributed by atoms with Crippen LogP contribution in [-0.2, 0) is 5.41 Å². The number of urea groups is 1. The Morgan fingerprint density at radius 2 is 1.81 bits per heavy atom. The summed E-state index contributed by atoms with van der Waals surface area (Å²) in [6.45, 7) is 5.93. The number of fused-ring (bicyclic) bond motifs is 1. The molecule has 0 spiro atoms. The average molecular weight is 510 g/mol. The van der Waals surface area contributed by atoms with Crippen molar-refractivity contribution in [3.63, 3.8) is 0 Å². The fourth-order valence-corrected chi connectivity index (χ4v) is 3.56. The first-order valence-corrected chi connectivity index (χ1v) is 11.2. The summed E-state index contributed by atoms with van der Waals surface area (Å²) in [5.41, 5.74) is 6.42. The molecule has 2 heterocycles. The van der Waals surface area contributed by atoms with E-state index in [1.165, 1.54) is 7.11 Å². The average Bonchev–Trinajstić information content (AvgIpc) is 3.29. The maximum absolute atomic E-state index is 12.4. The van der Waals surface area contributed by atoms with Crippen LogP contribution in [-0.4, -0.2) is 29.2 Å². The number of halogens is 1. The minimum Gasteiger partial charge on any atom is -0.496 e. The molecule has 10 nitrogen and oxygen atoms in total. The summed E-state index contributed by atoms with van der Waals surface area (Å²) in [6, 6.07) is 10.7. The zero-order chi connectivity index (χ0) is 26.0. The molecule has 2 aromatic heterocycles. The van der Waals surface area contributed by atoms with E-state index in [2.05, 4.69) is 20.8 Å². The van der Waals surface area contributed by atoms with Gasteiger partial charge in [0.15, 0.2) is 5.82 Å². The van der Waals surface area contributed by atoms with Gasteiger partial charge in [0.2, 0.25) is 0 Å². The van der Waals surface area contributed by atoms with Crippen molar-refractivity contribution in [2.24, 2.45) is 5.73 Å². The number of hydrogen-bond acceptors (Lipinski definition) is 7. The molecule has 0 bridgehead atoms. The van der Waals surface area contributed by atoms with Gasteiger partial charge >= 0.3 is 6.03 Å². The Balaban J connectivity index is 1.51. The van der Waals surface area contributed by atoms with Crippen LogP contribution in [0.1, 0.15) is 36.9 Å². The van der Waals surface area contributed by atoms with E-state index >= 15 is 0 Å². The minimum absolute atomic E-state index is 0.196. The third-order valence-electron chi connectivity index (χ3n) is 5.19. The lowest BCUT2D eigenvalue weighted by atomic mass is 9.93. The molecule has 0 radical (unpaired) electrons. The number of nitrogens with one attached hydrogen (secondary N) is 2. The highest BCUT2D eigenvalue weighted by Crippen LogP contribution is 2.36. The van der Waals surface area contributed by atoms with Crippen LogP contribution in [0.5, 0.6) is 17.2 Å². The van der Waals surface area contributed by atoms with Gasteiger partial charge in [-0.25, -0.2) is 4.79 Å². The highest BCUT2D eigenvalue weighted by molar-refractivity contribution is 6.32. The monoisotopic (exact) mass is 509 g/mol. The number of anilines is 2. The molecule has 2 aromatic carbocycles. The van der Waals surface area contributed by atoms with E-state index in [-0.39, 0.29) is 16.0 Å². The molecule has 0 aliphatic rings. The summed E-state index contributed by atoms with van der Waals surface area (Å²) in [7, 11) is 1.44. The number of primary amides is 1. The van der Waals surface area contributed by atoms with Crippen LogP contribution in [0.2, 0.25) is 5.02 Å². The molecule has 4 N–H and O–H groups in total. The Kier molecular flexibility index (Phi) is 6.71. The lowest BCUT2D eigenvalue weighted by molar-refractivity contribution is 0.0997. The number of nitrogens with zero attached hydrogens (tertiary/aromatic N) is 2. The lowest BCUT2D eigenvalue weighted by Gasteiger charge is -2.13. The largest absolute Gasteiger partial charge is 0.496 e. The van der Waals surface area contributed by atoms with Crippen molar-refractivity contribution in [3.8, 4) is 17.2 Å². The molecule has 0 atom stereocenters. The Bertz CT molecular complexity index is 1460. The number of pyridine rings is 1.